The van der Waals surface area contributed by atoms with Gasteiger partial charge in [0, 0.05) is 37.1 Å². The van der Waals surface area contributed by atoms with E-state index in [0.717, 1.165) is 16.4 Å². The van der Waals surface area contributed by atoms with Crippen LogP contribution in [0.2, 0.25) is 0 Å². The van der Waals surface area contributed by atoms with Crippen molar-refractivity contribution in [3.63, 3.8) is 0 Å². The van der Waals surface area contributed by atoms with Crippen molar-refractivity contribution < 1.29 is 30.8 Å². The van der Waals surface area contributed by atoms with Crippen LogP contribution in [0.3, 0.4) is 0 Å². The van der Waals surface area contributed by atoms with Gasteiger partial charge in [0.1, 0.15) is 16.5 Å². The van der Waals surface area contributed by atoms with E-state index in [0.29, 0.717) is 17.0 Å². The fourth-order valence-electron chi connectivity index (χ4n) is 3.50. The summed E-state index contributed by atoms with van der Waals surface area (Å²) in [5, 5.41) is 0.487. The smallest absolute Gasteiger partial charge is 0.289 e. The molecule has 0 saturated carbocycles. The Morgan fingerprint density at radius 3 is 2.37 bits per heavy atom. The monoisotopic (exact) mass is 438 g/mol. The number of amides is 1. The lowest BCUT2D eigenvalue weighted by molar-refractivity contribution is 0.0667. The van der Waals surface area contributed by atoms with Crippen LogP contribution in [0, 0.1) is 24.4 Å². The number of piperazine rings is 1. The van der Waals surface area contributed by atoms with Gasteiger partial charge in [0.25, 0.3) is 5.91 Å². The van der Waals surface area contributed by atoms with Crippen LogP contribution < -0.4 is 0 Å². The maximum Gasteiger partial charge on any atom is 0.289 e. The van der Waals surface area contributed by atoms with Crippen molar-refractivity contribution in [1.29, 1.82) is 0 Å². The van der Waals surface area contributed by atoms with Gasteiger partial charge in [-0.2, -0.15) is 4.31 Å². The standard InChI is InChI=1S/C20H17F3N2O4S/c1-12-14-3-2-4-16(23)19(14)29-18(12)20(26)24-7-9-25(10-8-24)30(27,28)17-11-13(21)5-6-15(17)22/h2-6,11H,7-10H2,1H3. The largest absolute Gasteiger partial charge is 0.448 e. The number of fused-ring (bicyclic) bond motifs is 1. The predicted octanol–water partition coefficient (Wildman–Crippen LogP) is 3.31. The quantitative estimate of drug-likeness (QED) is 0.629. The normalized spacial score (nSPS) is 15.7. The first-order valence-electron chi connectivity index (χ1n) is 9.12. The van der Waals surface area contributed by atoms with Crippen LogP contribution in [0.1, 0.15) is 16.1 Å². The molecule has 0 aliphatic carbocycles. The molecule has 0 bridgehead atoms. The van der Waals surface area contributed by atoms with E-state index >= 15 is 0 Å². The van der Waals surface area contributed by atoms with Gasteiger partial charge in [0.05, 0.1) is 0 Å². The van der Waals surface area contributed by atoms with Crippen LogP contribution >= 0.6 is 0 Å². The molecule has 0 atom stereocenters. The Morgan fingerprint density at radius 2 is 1.70 bits per heavy atom. The molecule has 10 heteroatoms. The molecule has 0 N–H and O–H groups in total. The van der Waals surface area contributed by atoms with Crippen LogP contribution in [0.4, 0.5) is 13.2 Å². The maximum atomic E-state index is 13.9. The van der Waals surface area contributed by atoms with Crippen LogP contribution in [0.5, 0.6) is 0 Å². The van der Waals surface area contributed by atoms with Gasteiger partial charge in [-0.1, -0.05) is 12.1 Å². The van der Waals surface area contributed by atoms with Gasteiger partial charge in [-0.15, -0.1) is 0 Å². The van der Waals surface area contributed by atoms with E-state index in [9.17, 15) is 26.4 Å². The lowest BCUT2D eigenvalue weighted by Gasteiger charge is -2.33. The predicted molar refractivity (Wildman–Crippen MR) is 102 cm³/mol. The first-order chi connectivity index (χ1) is 14.2. The summed E-state index contributed by atoms with van der Waals surface area (Å²) < 4.78 is 73.1. The topological polar surface area (TPSA) is 70.8 Å². The summed E-state index contributed by atoms with van der Waals surface area (Å²) in [6, 6.07) is 6.62. The number of carbonyl (C=O) groups is 1. The SMILES string of the molecule is Cc1c(C(=O)N2CCN(S(=O)(=O)c3cc(F)ccc3F)CC2)oc2c(F)cccc12. The maximum absolute atomic E-state index is 13.9. The highest BCUT2D eigenvalue weighted by Crippen LogP contribution is 2.29. The summed E-state index contributed by atoms with van der Waals surface area (Å²) in [5.74, 6) is -2.99. The summed E-state index contributed by atoms with van der Waals surface area (Å²) in [7, 11) is -4.26. The molecule has 1 aromatic heterocycles. The van der Waals surface area contributed by atoms with Crippen molar-refractivity contribution in [2.75, 3.05) is 26.2 Å². The van der Waals surface area contributed by atoms with Crippen LogP contribution in [-0.4, -0.2) is 49.7 Å². The van der Waals surface area contributed by atoms with Gasteiger partial charge in [0.2, 0.25) is 10.0 Å². The number of nitrogens with zero attached hydrogens (tertiary/aromatic N) is 2. The Balaban J connectivity index is 1.54. The molecule has 0 spiro atoms. The summed E-state index contributed by atoms with van der Waals surface area (Å²) in [5.41, 5.74) is 0.479. The number of carbonyl (C=O) groups excluding carboxylic acids is 1. The summed E-state index contributed by atoms with van der Waals surface area (Å²) >= 11 is 0. The van der Waals surface area contributed by atoms with Gasteiger partial charge >= 0.3 is 0 Å². The Bertz CT molecular complexity index is 1250. The van der Waals surface area contributed by atoms with Crippen LogP contribution in [0.15, 0.2) is 45.7 Å². The van der Waals surface area contributed by atoms with Gasteiger partial charge < -0.3 is 9.32 Å². The Hall–Kier alpha value is -2.85. The molecular weight excluding hydrogens is 421 g/mol. The third-order valence-electron chi connectivity index (χ3n) is 5.15. The molecule has 158 valence electrons. The number of furan rings is 1. The number of para-hydroxylation sites is 1. The second-order valence-corrected chi connectivity index (χ2v) is 8.85. The average molecular weight is 438 g/mol. The fourth-order valence-corrected chi connectivity index (χ4v) is 5.00. The van der Waals surface area contributed by atoms with Crippen molar-refractivity contribution in [2.24, 2.45) is 0 Å². The van der Waals surface area contributed by atoms with E-state index in [1.807, 2.05) is 0 Å². The first kappa shape index (κ1) is 20.4. The average Bonchev–Trinajstić information content (AvgIpc) is 3.07. The molecule has 1 saturated heterocycles. The fraction of sp³-hybridized carbons (Fsp3) is 0.250. The minimum absolute atomic E-state index is 0.0115. The van der Waals surface area contributed by atoms with Crippen molar-refractivity contribution in [3.05, 3.63) is 65.2 Å². The van der Waals surface area contributed by atoms with Crippen molar-refractivity contribution >= 4 is 26.9 Å². The molecule has 0 radical (unpaired) electrons. The Kier molecular flexibility index (Phi) is 5.07. The zero-order valence-electron chi connectivity index (χ0n) is 15.9. The van der Waals surface area contributed by atoms with Gasteiger partial charge in [-0.25, -0.2) is 21.6 Å². The third-order valence-corrected chi connectivity index (χ3v) is 7.06. The number of rotatable bonds is 3. The molecule has 1 fully saturated rings. The molecule has 30 heavy (non-hydrogen) atoms. The van der Waals surface area contributed by atoms with Crippen molar-refractivity contribution in [3.8, 4) is 0 Å². The lowest BCUT2D eigenvalue weighted by Crippen LogP contribution is -2.50. The van der Waals surface area contributed by atoms with Gasteiger partial charge in [-0.3, -0.25) is 4.79 Å². The highest BCUT2D eigenvalue weighted by Gasteiger charge is 2.34. The van der Waals surface area contributed by atoms with E-state index in [1.165, 1.54) is 17.0 Å². The van der Waals surface area contributed by atoms with Crippen molar-refractivity contribution in [1.82, 2.24) is 9.21 Å². The second kappa shape index (κ2) is 7.44. The zero-order chi connectivity index (χ0) is 21.6. The number of hydrogen-bond acceptors (Lipinski definition) is 4. The third kappa shape index (κ3) is 3.35. The van der Waals surface area contributed by atoms with E-state index in [1.54, 1.807) is 13.0 Å². The molecule has 2 aromatic carbocycles. The summed E-state index contributed by atoms with van der Waals surface area (Å²) in [6.45, 7) is 1.49. The first-order valence-corrected chi connectivity index (χ1v) is 10.6. The molecule has 1 amide bonds. The Labute approximate surface area is 170 Å². The number of hydrogen-bond donors (Lipinski definition) is 0. The van der Waals surface area contributed by atoms with E-state index in [-0.39, 0.29) is 37.5 Å². The minimum atomic E-state index is -4.26. The highest BCUT2D eigenvalue weighted by molar-refractivity contribution is 7.89. The molecule has 3 aromatic rings. The van der Waals surface area contributed by atoms with E-state index < -0.39 is 38.3 Å². The number of sulfonamides is 1. The number of benzene rings is 2. The number of aryl methyl sites for hydroxylation is 1. The van der Waals surface area contributed by atoms with E-state index in [2.05, 4.69) is 0 Å². The second-order valence-electron chi connectivity index (χ2n) is 6.94. The van der Waals surface area contributed by atoms with Crippen LogP contribution in [-0.2, 0) is 10.0 Å². The number of halogens is 3. The molecule has 6 nitrogen and oxygen atoms in total. The summed E-state index contributed by atoms with van der Waals surface area (Å²) in [6.07, 6.45) is 0. The molecule has 4 rings (SSSR count). The Morgan fingerprint density at radius 1 is 1.00 bits per heavy atom. The molecule has 1 aliphatic heterocycles. The zero-order valence-corrected chi connectivity index (χ0v) is 16.7. The molecular formula is C20H17F3N2O4S. The van der Waals surface area contributed by atoms with Gasteiger partial charge in [-0.05, 0) is 31.2 Å². The molecule has 1 aliphatic rings. The van der Waals surface area contributed by atoms with Gasteiger partial charge in [0.15, 0.2) is 17.2 Å². The molecule has 0 unspecified atom stereocenters. The van der Waals surface area contributed by atoms with Crippen molar-refractivity contribution in [2.45, 2.75) is 11.8 Å². The summed E-state index contributed by atoms with van der Waals surface area (Å²) in [4.78, 5) is 13.5. The highest BCUT2D eigenvalue weighted by atomic mass is 32.2. The minimum Gasteiger partial charge on any atom is -0.448 e. The van der Waals surface area contributed by atoms with E-state index in [4.69, 9.17) is 4.42 Å². The molecule has 2 heterocycles. The lowest BCUT2D eigenvalue weighted by atomic mass is 10.1. The van der Waals surface area contributed by atoms with Crippen LogP contribution in [0.25, 0.3) is 11.0 Å².